The summed E-state index contributed by atoms with van der Waals surface area (Å²) in [7, 11) is 1.73. The van der Waals surface area contributed by atoms with Gasteiger partial charge in [0.2, 0.25) is 0 Å². The maximum atomic E-state index is 13.1. The van der Waals surface area contributed by atoms with E-state index in [0.29, 0.717) is 19.1 Å². The number of carbonyl (C=O) groups excluding carboxylic acids is 1. The maximum Gasteiger partial charge on any atom is 0.263 e. The fourth-order valence-corrected chi connectivity index (χ4v) is 5.45. The monoisotopic (exact) mass is 374 g/mol. The summed E-state index contributed by atoms with van der Waals surface area (Å²) < 4.78 is 11.6. The number of methoxy groups -OCH3 is 1. The first kappa shape index (κ1) is 16.1. The van der Waals surface area contributed by atoms with Crippen molar-refractivity contribution < 1.29 is 14.3 Å². The number of carbonyl (C=O) groups is 1. The van der Waals surface area contributed by atoms with E-state index in [-0.39, 0.29) is 18.0 Å². The summed E-state index contributed by atoms with van der Waals surface area (Å²) in [4.78, 5) is 17.1. The van der Waals surface area contributed by atoms with Crippen LogP contribution in [0, 0.1) is 5.92 Å². The normalized spacial score (nSPS) is 25.1. The van der Waals surface area contributed by atoms with Crippen molar-refractivity contribution in [1.29, 1.82) is 0 Å². The summed E-state index contributed by atoms with van der Waals surface area (Å²) in [6, 6.07) is 0.254. The Bertz CT molecular complexity index is 815. The molecule has 0 spiro atoms. The van der Waals surface area contributed by atoms with Gasteiger partial charge in [0.1, 0.15) is 17.2 Å². The van der Waals surface area contributed by atoms with E-state index in [4.69, 9.17) is 9.47 Å². The summed E-state index contributed by atoms with van der Waals surface area (Å²) in [5.41, 5.74) is 1.88. The Morgan fingerprint density at radius 2 is 2.31 bits per heavy atom. The number of H-pyrrole nitrogens is 1. The van der Waals surface area contributed by atoms with Gasteiger partial charge in [-0.15, -0.1) is 11.3 Å². The zero-order valence-corrected chi connectivity index (χ0v) is 15.5. The molecule has 2 aromatic heterocycles. The quantitative estimate of drug-likeness (QED) is 0.858. The van der Waals surface area contributed by atoms with Gasteiger partial charge in [-0.3, -0.25) is 9.89 Å². The topological polar surface area (TPSA) is 79.5 Å². The van der Waals surface area contributed by atoms with Gasteiger partial charge in [0.15, 0.2) is 5.75 Å². The third-order valence-corrected chi connectivity index (χ3v) is 6.99. The molecule has 2 aromatic rings. The average molecular weight is 374 g/mol. The number of hydrogen-bond acceptors (Lipinski definition) is 6. The lowest BCUT2D eigenvalue weighted by molar-refractivity contribution is 0.0846. The molecule has 2 atom stereocenters. The zero-order valence-electron chi connectivity index (χ0n) is 14.7. The van der Waals surface area contributed by atoms with Crippen LogP contribution in [0.1, 0.15) is 28.9 Å². The zero-order chi connectivity index (χ0) is 17.7. The van der Waals surface area contributed by atoms with Gasteiger partial charge in [0, 0.05) is 18.9 Å². The smallest absolute Gasteiger partial charge is 0.263 e. The Labute approximate surface area is 155 Å². The van der Waals surface area contributed by atoms with Crippen molar-refractivity contribution in [2.24, 2.45) is 5.92 Å². The van der Waals surface area contributed by atoms with Crippen LogP contribution >= 0.6 is 11.3 Å². The molecule has 2 aliphatic heterocycles. The number of anilines is 1. The van der Waals surface area contributed by atoms with Crippen LogP contribution in [0.25, 0.3) is 10.4 Å². The number of rotatable bonds is 4. The molecule has 5 rings (SSSR count). The molecule has 1 saturated carbocycles. The van der Waals surface area contributed by atoms with Crippen molar-refractivity contribution in [2.45, 2.75) is 31.3 Å². The van der Waals surface area contributed by atoms with E-state index in [1.54, 1.807) is 13.3 Å². The number of aromatic nitrogens is 2. The van der Waals surface area contributed by atoms with Crippen molar-refractivity contribution >= 4 is 22.9 Å². The summed E-state index contributed by atoms with van der Waals surface area (Å²) in [5, 5.41) is 10.2. The van der Waals surface area contributed by atoms with Gasteiger partial charge in [-0.2, -0.15) is 5.10 Å². The van der Waals surface area contributed by atoms with Crippen molar-refractivity contribution in [1.82, 2.24) is 15.5 Å². The predicted octanol–water partition coefficient (Wildman–Crippen LogP) is 2.26. The van der Waals surface area contributed by atoms with Gasteiger partial charge < -0.3 is 19.7 Å². The molecule has 2 N–H and O–H groups in total. The maximum absolute atomic E-state index is 13.1. The molecule has 4 heterocycles. The number of hydrogen-bond donors (Lipinski definition) is 2. The van der Waals surface area contributed by atoms with Crippen molar-refractivity contribution in [3.8, 4) is 16.2 Å². The molecule has 26 heavy (non-hydrogen) atoms. The molecule has 0 aromatic carbocycles. The van der Waals surface area contributed by atoms with E-state index in [9.17, 15) is 4.79 Å². The lowest BCUT2D eigenvalue weighted by Gasteiger charge is -2.43. The lowest BCUT2D eigenvalue weighted by Crippen LogP contribution is -2.57. The van der Waals surface area contributed by atoms with Gasteiger partial charge in [-0.05, 0) is 18.8 Å². The molecule has 1 aliphatic carbocycles. The minimum atomic E-state index is 0.00648. The highest BCUT2D eigenvalue weighted by Crippen LogP contribution is 2.51. The Kier molecular flexibility index (Phi) is 3.90. The van der Waals surface area contributed by atoms with Gasteiger partial charge in [0.05, 0.1) is 36.3 Å². The highest BCUT2D eigenvalue weighted by molar-refractivity contribution is 7.18. The lowest BCUT2D eigenvalue weighted by atomic mass is 9.76. The van der Waals surface area contributed by atoms with Crippen LogP contribution in [-0.2, 0) is 4.74 Å². The number of ether oxygens (including phenoxy) is 2. The van der Waals surface area contributed by atoms with Crippen LogP contribution in [0.5, 0.6) is 5.75 Å². The van der Waals surface area contributed by atoms with Crippen molar-refractivity contribution in [3.05, 3.63) is 17.3 Å². The first-order chi connectivity index (χ1) is 12.8. The molecule has 0 saturated heterocycles. The fraction of sp³-hybridized carbons (Fsp3) is 0.556. The van der Waals surface area contributed by atoms with Crippen LogP contribution in [0.2, 0.25) is 0 Å². The molecule has 7 nitrogen and oxygen atoms in total. The Morgan fingerprint density at radius 3 is 3.00 bits per heavy atom. The van der Waals surface area contributed by atoms with E-state index in [2.05, 4.69) is 20.4 Å². The number of amides is 1. The van der Waals surface area contributed by atoms with E-state index in [1.807, 2.05) is 6.20 Å². The Balaban J connectivity index is 1.63. The van der Waals surface area contributed by atoms with Crippen LogP contribution in [0.3, 0.4) is 0 Å². The molecule has 1 amide bonds. The van der Waals surface area contributed by atoms with Crippen molar-refractivity contribution in [3.63, 3.8) is 0 Å². The van der Waals surface area contributed by atoms with Crippen LogP contribution in [-0.4, -0.2) is 55.1 Å². The molecule has 138 valence electrons. The second-order valence-electron chi connectivity index (χ2n) is 7.18. The minimum absolute atomic E-state index is 0.00648. The molecule has 8 heteroatoms. The molecular weight excluding hydrogens is 352 g/mol. The number of thiophene rings is 1. The minimum Gasteiger partial charge on any atom is -0.488 e. The highest BCUT2D eigenvalue weighted by atomic mass is 32.1. The molecule has 0 radical (unpaired) electrons. The summed E-state index contributed by atoms with van der Waals surface area (Å²) >= 11 is 1.49. The molecule has 0 bridgehead atoms. The standard InChI is InChI=1S/C18H22N4O3S/c1-24-9-12-13(10-3-2-4-10)21-18(23)17-14-15(25-6-5-22(12)14)16(26-17)11-7-19-20-8-11/h7-8,10,12-13H,2-6,9H2,1H3,(H,19,20)(H,21,23)/t12-,13+/m1/s1. The average Bonchev–Trinajstić information content (AvgIpc) is 3.22. The number of nitrogens with one attached hydrogen (secondary N) is 2. The number of nitrogens with zero attached hydrogens (tertiary/aromatic N) is 2. The Hall–Kier alpha value is -2.06. The second kappa shape index (κ2) is 6.28. The van der Waals surface area contributed by atoms with E-state index >= 15 is 0 Å². The third kappa shape index (κ3) is 2.35. The predicted molar refractivity (Wildman–Crippen MR) is 99.0 cm³/mol. The third-order valence-electron chi connectivity index (χ3n) is 5.78. The summed E-state index contributed by atoms with van der Waals surface area (Å²) in [6.45, 7) is 1.98. The largest absolute Gasteiger partial charge is 0.488 e. The SMILES string of the molecule is COC[C@@H]1[C@H](C2CCC2)NC(=O)c2sc(-c3cn[nH]c3)c3c2N1CCO3. The van der Waals surface area contributed by atoms with Gasteiger partial charge in [-0.25, -0.2) is 0 Å². The van der Waals surface area contributed by atoms with E-state index < -0.39 is 0 Å². The highest BCUT2D eigenvalue weighted by Gasteiger charge is 2.45. The molecule has 3 aliphatic rings. The van der Waals surface area contributed by atoms with Crippen molar-refractivity contribution in [2.75, 3.05) is 31.8 Å². The first-order valence-electron chi connectivity index (χ1n) is 9.13. The van der Waals surface area contributed by atoms with E-state index in [0.717, 1.165) is 33.3 Å². The van der Waals surface area contributed by atoms with E-state index in [1.165, 1.54) is 30.6 Å². The molecule has 1 fully saturated rings. The molecular formula is C18H22N4O3S. The summed E-state index contributed by atoms with van der Waals surface area (Å²) in [5.74, 6) is 1.35. The van der Waals surface area contributed by atoms with Crippen LogP contribution < -0.4 is 15.0 Å². The van der Waals surface area contributed by atoms with Gasteiger partial charge >= 0.3 is 0 Å². The summed E-state index contributed by atoms with van der Waals surface area (Å²) in [6.07, 6.45) is 7.21. The van der Waals surface area contributed by atoms with Crippen LogP contribution in [0.15, 0.2) is 12.4 Å². The fourth-order valence-electron chi connectivity index (χ4n) is 4.31. The number of aromatic amines is 1. The second-order valence-corrected chi connectivity index (χ2v) is 8.20. The van der Waals surface area contributed by atoms with Crippen LogP contribution in [0.4, 0.5) is 5.69 Å². The molecule has 0 unspecified atom stereocenters. The first-order valence-corrected chi connectivity index (χ1v) is 9.94. The Morgan fingerprint density at radius 1 is 1.42 bits per heavy atom. The van der Waals surface area contributed by atoms with Gasteiger partial charge in [0.25, 0.3) is 5.91 Å². The van der Waals surface area contributed by atoms with Gasteiger partial charge in [-0.1, -0.05) is 6.42 Å².